The van der Waals surface area contributed by atoms with Crippen LogP contribution in [-0.2, 0) is 4.79 Å². The summed E-state index contributed by atoms with van der Waals surface area (Å²) in [5, 5.41) is 0. The van der Waals surface area contributed by atoms with Crippen LogP contribution in [0.4, 0.5) is 0 Å². The van der Waals surface area contributed by atoms with Gasteiger partial charge >= 0.3 is 5.97 Å². The molecule has 1 aromatic rings. The lowest BCUT2D eigenvalue weighted by atomic mass is 10.3. The Labute approximate surface area is 114 Å². The molecule has 0 bridgehead atoms. The van der Waals surface area contributed by atoms with Gasteiger partial charge in [0.15, 0.2) is 5.75 Å². The summed E-state index contributed by atoms with van der Waals surface area (Å²) < 4.78 is 7.62. The van der Waals surface area contributed by atoms with Crippen molar-refractivity contribution < 1.29 is 9.53 Å². The second-order valence-corrected chi connectivity index (χ2v) is 5.55. The topological polar surface area (TPSA) is 26.3 Å². The summed E-state index contributed by atoms with van der Waals surface area (Å²) in [4.78, 5) is 11.3. The van der Waals surface area contributed by atoms with Gasteiger partial charge in [-0.05, 0) is 50.4 Å². The highest BCUT2D eigenvalue weighted by molar-refractivity contribution is 9.11. The fourth-order valence-corrected chi connectivity index (χ4v) is 3.42. The quantitative estimate of drug-likeness (QED) is 0.544. The second-order valence-electron chi connectivity index (χ2n) is 2.92. The zero-order chi connectivity index (χ0) is 11.4. The van der Waals surface area contributed by atoms with E-state index in [9.17, 15) is 4.79 Å². The Balaban J connectivity index is 2.90. The molecule has 0 spiro atoms. The highest BCUT2D eigenvalue weighted by Crippen LogP contribution is 2.36. The molecule has 0 aromatic heterocycles. The van der Waals surface area contributed by atoms with Gasteiger partial charge in [-0.1, -0.05) is 22.9 Å². The molecule has 0 saturated heterocycles. The SMILES string of the molecule is CCCC(=O)Oc1c(Br)cc(Br)cc1Br. The summed E-state index contributed by atoms with van der Waals surface area (Å²) >= 11 is 10.0. The average molecular weight is 401 g/mol. The van der Waals surface area contributed by atoms with E-state index >= 15 is 0 Å². The van der Waals surface area contributed by atoms with Crippen molar-refractivity contribution >= 4 is 53.8 Å². The van der Waals surface area contributed by atoms with Crippen LogP contribution in [0.2, 0.25) is 0 Å². The number of esters is 1. The fraction of sp³-hybridized carbons (Fsp3) is 0.300. The van der Waals surface area contributed by atoms with Crippen LogP contribution in [0.15, 0.2) is 25.6 Å². The van der Waals surface area contributed by atoms with Gasteiger partial charge in [0.1, 0.15) is 0 Å². The van der Waals surface area contributed by atoms with Gasteiger partial charge < -0.3 is 4.74 Å². The summed E-state index contributed by atoms with van der Waals surface area (Å²) in [5.74, 6) is 0.304. The van der Waals surface area contributed by atoms with E-state index in [0.717, 1.165) is 19.8 Å². The minimum absolute atomic E-state index is 0.221. The van der Waals surface area contributed by atoms with Gasteiger partial charge in [0.25, 0.3) is 0 Å². The van der Waals surface area contributed by atoms with Crippen LogP contribution < -0.4 is 4.74 Å². The number of halogens is 3. The number of hydrogen-bond donors (Lipinski definition) is 0. The molecule has 0 aliphatic rings. The molecule has 15 heavy (non-hydrogen) atoms. The molecule has 0 heterocycles. The Hall–Kier alpha value is 0.130. The van der Waals surface area contributed by atoms with Crippen LogP contribution in [-0.4, -0.2) is 5.97 Å². The number of benzene rings is 1. The Bertz CT molecular complexity index is 354. The summed E-state index contributed by atoms with van der Waals surface area (Å²) in [6.45, 7) is 1.94. The molecule has 0 radical (unpaired) electrons. The van der Waals surface area contributed by atoms with E-state index < -0.39 is 0 Å². The summed E-state index contributed by atoms with van der Waals surface area (Å²) in [7, 11) is 0. The van der Waals surface area contributed by atoms with Crippen molar-refractivity contribution in [2.24, 2.45) is 0 Å². The van der Waals surface area contributed by atoms with Crippen molar-refractivity contribution in [2.45, 2.75) is 19.8 Å². The molecule has 0 unspecified atom stereocenters. The molecule has 0 atom stereocenters. The number of rotatable bonds is 3. The zero-order valence-corrected chi connectivity index (χ0v) is 12.8. The van der Waals surface area contributed by atoms with E-state index in [1.807, 2.05) is 19.1 Å². The predicted octanol–water partition coefficient (Wildman–Crippen LogP) is 4.68. The van der Waals surface area contributed by atoms with Gasteiger partial charge in [0, 0.05) is 10.9 Å². The van der Waals surface area contributed by atoms with E-state index in [1.54, 1.807) is 0 Å². The van der Waals surface area contributed by atoms with E-state index in [2.05, 4.69) is 47.8 Å². The third-order valence-corrected chi connectivity index (χ3v) is 3.27. The molecule has 0 saturated carbocycles. The number of carbonyl (C=O) groups excluding carboxylic acids is 1. The summed E-state index contributed by atoms with van der Waals surface area (Å²) in [6, 6.07) is 3.67. The third kappa shape index (κ3) is 3.89. The largest absolute Gasteiger partial charge is 0.424 e. The predicted molar refractivity (Wildman–Crippen MR) is 70.1 cm³/mol. The standard InChI is InChI=1S/C10H9Br3O2/c1-2-3-9(14)15-10-7(12)4-6(11)5-8(10)13/h4-5H,2-3H2,1H3. The molecule has 0 aliphatic heterocycles. The molecule has 1 aromatic carbocycles. The molecule has 0 amide bonds. The molecule has 82 valence electrons. The van der Waals surface area contributed by atoms with Crippen LogP contribution >= 0.6 is 47.8 Å². The van der Waals surface area contributed by atoms with Gasteiger partial charge in [0.2, 0.25) is 0 Å². The first-order chi connectivity index (χ1) is 7.04. The van der Waals surface area contributed by atoms with Gasteiger partial charge in [-0.25, -0.2) is 0 Å². The van der Waals surface area contributed by atoms with Gasteiger partial charge in [-0.3, -0.25) is 4.79 Å². The number of hydrogen-bond acceptors (Lipinski definition) is 2. The lowest BCUT2D eigenvalue weighted by Gasteiger charge is -2.08. The molecule has 0 N–H and O–H groups in total. The van der Waals surface area contributed by atoms with Crippen LogP contribution in [0.3, 0.4) is 0 Å². The van der Waals surface area contributed by atoms with E-state index in [0.29, 0.717) is 12.2 Å². The fourth-order valence-electron chi connectivity index (χ4n) is 0.995. The zero-order valence-electron chi connectivity index (χ0n) is 8.02. The molecular formula is C10H9Br3O2. The van der Waals surface area contributed by atoms with Gasteiger partial charge in [0.05, 0.1) is 8.95 Å². The molecule has 5 heteroatoms. The Morgan fingerprint density at radius 2 is 1.80 bits per heavy atom. The molecular weight excluding hydrogens is 392 g/mol. The maximum absolute atomic E-state index is 11.3. The van der Waals surface area contributed by atoms with E-state index in [4.69, 9.17) is 4.74 Å². The molecule has 1 rings (SSSR count). The summed E-state index contributed by atoms with van der Waals surface area (Å²) in [6.07, 6.45) is 1.21. The molecule has 0 fully saturated rings. The van der Waals surface area contributed by atoms with Crippen LogP contribution in [0.5, 0.6) is 5.75 Å². The van der Waals surface area contributed by atoms with Gasteiger partial charge in [-0.15, -0.1) is 0 Å². The van der Waals surface area contributed by atoms with E-state index in [1.165, 1.54) is 0 Å². The Kier molecular flexibility index (Phi) is 5.29. The lowest BCUT2D eigenvalue weighted by Crippen LogP contribution is -2.07. The van der Waals surface area contributed by atoms with Crippen LogP contribution in [0, 0.1) is 0 Å². The van der Waals surface area contributed by atoms with Gasteiger partial charge in [-0.2, -0.15) is 0 Å². The maximum atomic E-state index is 11.3. The van der Waals surface area contributed by atoms with Crippen molar-refractivity contribution in [3.05, 3.63) is 25.6 Å². The first-order valence-corrected chi connectivity index (χ1v) is 6.77. The number of carbonyl (C=O) groups is 1. The Morgan fingerprint density at radius 1 is 1.27 bits per heavy atom. The first kappa shape index (κ1) is 13.2. The van der Waals surface area contributed by atoms with Crippen LogP contribution in [0.25, 0.3) is 0 Å². The molecule has 0 aliphatic carbocycles. The van der Waals surface area contributed by atoms with Crippen molar-refractivity contribution in [1.29, 1.82) is 0 Å². The third-order valence-electron chi connectivity index (χ3n) is 1.63. The van der Waals surface area contributed by atoms with Crippen molar-refractivity contribution in [2.75, 3.05) is 0 Å². The minimum atomic E-state index is -0.221. The highest BCUT2D eigenvalue weighted by Gasteiger charge is 2.12. The monoisotopic (exact) mass is 398 g/mol. The lowest BCUT2D eigenvalue weighted by molar-refractivity contribution is -0.134. The highest BCUT2D eigenvalue weighted by atomic mass is 79.9. The number of ether oxygens (including phenoxy) is 1. The normalized spacial score (nSPS) is 10.1. The smallest absolute Gasteiger partial charge is 0.311 e. The minimum Gasteiger partial charge on any atom is -0.424 e. The van der Waals surface area contributed by atoms with Crippen molar-refractivity contribution in [1.82, 2.24) is 0 Å². The first-order valence-electron chi connectivity index (χ1n) is 4.39. The maximum Gasteiger partial charge on any atom is 0.311 e. The van der Waals surface area contributed by atoms with Crippen LogP contribution in [0.1, 0.15) is 19.8 Å². The van der Waals surface area contributed by atoms with E-state index in [-0.39, 0.29) is 5.97 Å². The summed E-state index contributed by atoms with van der Waals surface area (Å²) in [5.41, 5.74) is 0. The van der Waals surface area contributed by atoms with Crippen molar-refractivity contribution in [3.8, 4) is 5.75 Å². The van der Waals surface area contributed by atoms with Crippen molar-refractivity contribution in [3.63, 3.8) is 0 Å². The second kappa shape index (κ2) is 6.01. The Morgan fingerprint density at radius 3 is 2.27 bits per heavy atom. The average Bonchev–Trinajstić information content (AvgIpc) is 2.11. The molecule has 2 nitrogen and oxygen atoms in total.